The summed E-state index contributed by atoms with van der Waals surface area (Å²) in [5.41, 5.74) is 2.84. The van der Waals surface area contributed by atoms with Gasteiger partial charge in [-0.15, -0.1) is 0 Å². The van der Waals surface area contributed by atoms with Crippen molar-refractivity contribution in [3.05, 3.63) is 107 Å². The molecule has 0 radical (unpaired) electrons. The molecule has 0 bridgehead atoms. The molecule has 0 unspecified atom stereocenters. The maximum atomic E-state index is 13.5. The van der Waals surface area contributed by atoms with Crippen LogP contribution in [0.1, 0.15) is 25.2 Å². The highest BCUT2D eigenvalue weighted by Crippen LogP contribution is 2.33. The molecule has 0 atom stereocenters. The fourth-order valence-corrected chi connectivity index (χ4v) is 5.39. The highest BCUT2D eigenvalue weighted by atomic mass is 35.5. The highest BCUT2D eigenvalue weighted by Gasteiger charge is 2.16. The van der Waals surface area contributed by atoms with E-state index < -0.39 is 21.0 Å². The van der Waals surface area contributed by atoms with Gasteiger partial charge < -0.3 is 19.8 Å². The van der Waals surface area contributed by atoms with Crippen LogP contribution >= 0.6 is 11.6 Å². The van der Waals surface area contributed by atoms with Crippen LogP contribution in [0, 0.1) is 5.82 Å². The maximum absolute atomic E-state index is 13.5. The lowest BCUT2D eigenvalue weighted by Crippen LogP contribution is -2.30. The van der Waals surface area contributed by atoms with Gasteiger partial charge in [0.15, 0.2) is 9.84 Å². The average molecular weight is 649 g/mol. The molecule has 3 aromatic carbocycles. The summed E-state index contributed by atoms with van der Waals surface area (Å²) in [5.74, 6) is 1.15. The van der Waals surface area contributed by atoms with E-state index in [1.54, 1.807) is 56.3 Å². The zero-order valence-electron chi connectivity index (χ0n) is 24.5. The summed E-state index contributed by atoms with van der Waals surface area (Å²) in [6, 6.07) is 20.5. The summed E-state index contributed by atoms with van der Waals surface area (Å²) in [6.45, 7) is 3.42. The number of carbonyl (C=O) groups is 1. The molecule has 0 aliphatic rings. The zero-order chi connectivity index (χ0) is 32.0. The lowest BCUT2D eigenvalue weighted by Gasteiger charge is -2.12. The maximum Gasteiger partial charge on any atom is 0.244 e. The number of furan rings is 1. The first-order chi connectivity index (χ1) is 21.6. The molecule has 2 heterocycles. The van der Waals surface area contributed by atoms with Crippen molar-refractivity contribution in [1.29, 1.82) is 0 Å². The zero-order valence-corrected chi connectivity index (χ0v) is 26.0. The van der Waals surface area contributed by atoms with Crippen LogP contribution in [0.25, 0.3) is 28.3 Å². The fraction of sp³-hybridized carbons (Fsp3) is 0.182. The second-order valence-electron chi connectivity index (χ2n) is 10.4. The molecule has 0 aliphatic heterocycles. The third kappa shape index (κ3) is 8.25. The molecule has 2 N–H and O–H groups in total. The van der Waals surface area contributed by atoms with Crippen molar-refractivity contribution in [1.82, 2.24) is 15.3 Å². The number of rotatable bonds is 12. The number of anilines is 2. The molecule has 1 amide bonds. The molecule has 5 rings (SSSR count). The first-order valence-corrected chi connectivity index (χ1v) is 16.1. The van der Waals surface area contributed by atoms with Gasteiger partial charge >= 0.3 is 0 Å². The molecular weight excluding hydrogens is 619 g/mol. The Morgan fingerprint density at radius 2 is 1.91 bits per heavy atom. The van der Waals surface area contributed by atoms with Crippen LogP contribution in [0.4, 0.5) is 15.9 Å². The number of benzene rings is 3. The summed E-state index contributed by atoms with van der Waals surface area (Å²) in [4.78, 5) is 20.9. The molecular formula is C33H30ClFN4O5S. The van der Waals surface area contributed by atoms with E-state index in [9.17, 15) is 17.6 Å². The van der Waals surface area contributed by atoms with E-state index in [2.05, 4.69) is 20.6 Å². The van der Waals surface area contributed by atoms with Crippen molar-refractivity contribution in [2.24, 2.45) is 0 Å². The van der Waals surface area contributed by atoms with E-state index in [-0.39, 0.29) is 24.7 Å². The topological polar surface area (TPSA) is 123 Å². The number of hydrogen-bond donors (Lipinski definition) is 2. The van der Waals surface area contributed by atoms with E-state index in [1.807, 2.05) is 18.2 Å². The normalized spacial score (nSPS) is 11.8. The average Bonchev–Trinajstić information content (AvgIpc) is 3.49. The monoisotopic (exact) mass is 648 g/mol. The molecule has 2 aromatic heterocycles. The Hall–Kier alpha value is -4.74. The highest BCUT2D eigenvalue weighted by molar-refractivity contribution is 7.92. The van der Waals surface area contributed by atoms with Crippen molar-refractivity contribution < 1.29 is 26.8 Å². The minimum atomic E-state index is -3.23. The first-order valence-electron chi connectivity index (χ1n) is 14.0. The molecule has 232 valence electrons. The predicted octanol–water partition coefficient (Wildman–Crippen LogP) is 6.96. The number of ether oxygens (including phenoxy) is 1. The number of sulfone groups is 1. The number of halogens is 2. The molecule has 0 aliphatic carbocycles. The number of nitrogens with one attached hydrogen (secondary N) is 2. The molecule has 12 heteroatoms. The van der Waals surface area contributed by atoms with Crippen LogP contribution in [0.2, 0.25) is 5.02 Å². The number of carbonyl (C=O) groups excluding carboxylic acids is 1. The van der Waals surface area contributed by atoms with Gasteiger partial charge in [-0.3, -0.25) is 4.79 Å². The van der Waals surface area contributed by atoms with Crippen molar-refractivity contribution in [3.63, 3.8) is 0 Å². The second kappa shape index (κ2) is 13.9. The summed E-state index contributed by atoms with van der Waals surface area (Å²) >= 11 is 6.48. The smallest absolute Gasteiger partial charge is 0.244 e. The Morgan fingerprint density at radius 3 is 2.69 bits per heavy atom. The van der Waals surface area contributed by atoms with Crippen LogP contribution in [-0.2, 0) is 21.2 Å². The third-order valence-electron chi connectivity index (χ3n) is 6.83. The molecule has 9 nitrogen and oxygen atoms in total. The number of amides is 1. The van der Waals surface area contributed by atoms with E-state index in [1.165, 1.54) is 30.6 Å². The Morgan fingerprint density at radius 1 is 1.07 bits per heavy atom. The van der Waals surface area contributed by atoms with Crippen LogP contribution in [0.15, 0.2) is 89.6 Å². The lowest BCUT2D eigenvalue weighted by atomic mass is 10.1. The van der Waals surface area contributed by atoms with Gasteiger partial charge in [-0.2, -0.15) is 0 Å². The van der Waals surface area contributed by atoms with E-state index in [0.29, 0.717) is 44.9 Å². The van der Waals surface area contributed by atoms with Crippen molar-refractivity contribution in [3.8, 4) is 17.1 Å². The molecule has 45 heavy (non-hydrogen) atoms. The Labute approximate surface area is 265 Å². The van der Waals surface area contributed by atoms with Gasteiger partial charge in [0.05, 0.1) is 21.5 Å². The summed E-state index contributed by atoms with van der Waals surface area (Å²) in [5, 5.41) is 6.47. The van der Waals surface area contributed by atoms with Gasteiger partial charge in [0.1, 0.15) is 41.8 Å². The van der Waals surface area contributed by atoms with Crippen LogP contribution in [0.3, 0.4) is 0 Å². The van der Waals surface area contributed by atoms with Gasteiger partial charge in [0, 0.05) is 29.3 Å². The number of fused-ring (bicyclic) bond motifs is 1. The van der Waals surface area contributed by atoms with Crippen LogP contribution in [-0.4, -0.2) is 41.8 Å². The molecule has 0 saturated heterocycles. The number of nitrogens with zero attached hydrogens (tertiary/aromatic N) is 2. The van der Waals surface area contributed by atoms with Gasteiger partial charge in [-0.25, -0.2) is 22.8 Å². The van der Waals surface area contributed by atoms with E-state index >= 15 is 0 Å². The van der Waals surface area contributed by atoms with Crippen LogP contribution < -0.4 is 15.4 Å². The van der Waals surface area contributed by atoms with E-state index in [4.69, 9.17) is 20.8 Å². The minimum Gasteiger partial charge on any atom is -0.487 e. The SMILES string of the molecule is CC(C)S(=O)(=O)CCNC(=O)C=Cc1ccc(-c2ccc3ncnc(Nc4ccc(OCc5cccc(F)c5)c(Cl)c4)c3c2)o1. The second-order valence-corrected chi connectivity index (χ2v) is 13.5. The largest absolute Gasteiger partial charge is 0.487 e. The van der Waals surface area contributed by atoms with Crippen molar-refractivity contribution >= 4 is 55.8 Å². The Bertz CT molecular complexity index is 1980. The van der Waals surface area contributed by atoms with Crippen LogP contribution in [0.5, 0.6) is 5.75 Å². The Kier molecular flexibility index (Phi) is 9.80. The summed E-state index contributed by atoms with van der Waals surface area (Å²) in [7, 11) is -3.23. The number of aromatic nitrogens is 2. The van der Waals surface area contributed by atoms with Crippen molar-refractivity contribution in [2.45, 2.75) is 25.7 Å². The summed E-state index contributed by atoms with van der Waals surface area (Å²) in [6.07, 6.45) is 4.27. The summed E-state index contributed by atoms with van der Waals surface area (Å²) < 4.78 is 49.0. The third-order valence-corrected chi connectivity index (χ3v) is 9.33. The van der Waals surface area contributed by atoms with Gasteiger partial charge in [-0.05, 0) is 86.2 Å². The fourth-order valence-electron chi connectivity index (χ4n) is 4.30. The number of hydrogen-bond acceptors (Lipinski definition) is 8. The quantitative estimate of drug-likeness (QED) is 0.139. The van der Waals surface area contributed by atoms with E-state index in [0.717, 1.165) is 10.9 Å². The lowest BCUT2D eigenvalue weighted by molar-refractivity contribution is -0.116. The molecule has 0 saturated carbocycles. The Balaban J connectivity index is 1.26. The van der Waals surface area contributed by atoms with Gasteiger partial charge in [0.2, 0.25) is 5.91 Å². The molecule has 0 fully saturated rings. The predicted molar refractivity (Wildman–Crippen MR) is 174 cm³/mol. The molecule has 0 spiro atoms. The van der Waals surface area contributed by atoms with Crippen molar-refractivity contribution in [2.75, 3.05) is 17.6 Å². The molecule has 5 aromatic rings. The minimum absolute atomic E-state index is 0.0311. The van der Waals surface area contributed by atoms with Gasteiger partial charge in [-0.1, -0.05) is 23.7 Å². The standard InChI is InChI=1S/C33H30ClFN4O5S/c1-21(2)45(41,42)15-14-36-32(40)13-9-26-8-12-30(44-26)23-6-10-29-27(17-23)33(38-20-37-29)39-25-7-11-31(28(34)18-25)43-19-22-4-3-5-24(35)16-22/h3-13,16-18,20-21H,14-15,19H2,1-2H3,(H,36,40)(H,37,38,39). The first kappa shape index (κ1) is 31.7. The van der Waals surface area contributed by atoms with Gasteiger partial charge in [0.25, 0.3) is 0 Å².